The lowest BCUT2D eigenvalue weighted by atomic mass is 9.86. The van der Waals surface area contributed by atoms with Crippen LogP contribution in [-0.2, 0) is 4.74 Å². The van der Waals surface area contributed by atoms with Crippen molar-refractivity contribution < 1.29 is 18.6 Å². The molecular weight excluding hydrogens is 226 g/mol. The van der Waals surface area contributed by atoms with Crippen LogP contribution in [0.25, 0.3) is 0 Å². The van der Waals surface area contributed by atoms with Gasteiger partial charge in [-0.2, -0.15) is 0 Å². The lowest BCUT2D eigenvalue weighted by Gasteiger charge is -2.38. The molecule has 1 fully saturated rings. The van der Waals surface area contributed by atoms with Gasteiger partial charge in [0.2, 0.25) is 0 Å². The second-order valence-electron chi connectivity index (χ2n) is 4.69. The molecule has 1 aromatic carbocycles. The molecule has 2 nitrogen and oxygen atoms in total. The molecule has 1 aliphatic heterocycles. The number of hydrogen-bond acceptors (Lipinski definition) is 2. The van der Waals surface area contributed by atoms with Crippen LogP contribution in [0.2, 0.25) is 0 Å². The highest BCUT2D eigenvalue weighted by Gasteiger charge is 2.37. The lowest BCUT2D eigenvalue weighted by molar-refractivity contribution is -0.139. The summed E-state index contributed by atoms with van der Waals surface area (Å²) in [4.78, 5) is 0. The Morgan fingerprint density at radius 2 is 2.12 bits per heavy atom. The molecule has 1 aromatic rings. The summed E-state index contributed by atoms with van der Waals surface area (Å²) in [5.41, 5.74) is -0.688. The van der Waals surface area contributed by atoms with E-state index in [4.69, 9.17) is 4.74 Å². The Labute approximate surface area is 99.2 Å². The van der Waals surface area contributed by atoms with Crippen LogP contribution in [0.1, 0.15) is 37.9 Å². The third kappa shape index (κ3) is 2.48. The van der Waals surface area contributed by atoms with E-state index in [1.54, 1.807) is 6.92 Å². The van der Waals surface area contributed by atoms with Crippen molar-refractivity contribution >= 4 is 0 Å². The number of benzene rings is 1. The van der Waals surface area contributed by atoms with Crippen molar-refractivity contribution in [3.8, 4) is 0 Å². The fraction of sp³-hybridized carbons (Fsp3) is 0.538. The second kappa shape index (κ2) is 4.70. The first-order chi connectivity index (χ1) is 8.03. The van der Waals surface area contributed by atoms with Crippen molar-refractivity contribution in [1.29, 1.82) is 0 Å². The van der Waals surface area contributed by atoms with E-state index in [-0.39, 0.29) is 5.56 Å². The van der Waals surface area contributed by atoms with Crippen LogP contribution in [0.4, 0.5) is 8.78 Å². The van der Waals surface area contributed by atoms with E-state index in [0.29, 0.717) is 13.0 Å². The fourth-order valence-electron chi connectivity index (χ4n) is 2.22. The number of aliphatic hydroxyl groups is 1. The summed E-state index contributed by atoms with van der Waals surface area (Å²) in [5.74, 6) is -1.37. The van der Waals surface area contributed by atoms with Crippen LogP contribution in [0.15, 0.2) is 18.2 Å². The molecule has 4 heteroatoms. The number of halogens is 2. The van der Waals surface area contributed by atoms with E-state index in [1.165, 1.54) is 6.07 Å². The van der Waals surface area contributed by atoms with E-state index in [2.05, 4.69) is 0 Å². The first-order valence-corrected chi connectivity index (χ1v) is 5.80. The summed E-state index contributed by atoms with van der Waals surface area (Å²) in [6.45, 7) is 2.33. The Kier molecular flexibility index (Phi) is 3.45. The maximum absolute atomic E-state index is 13.6. The maximum Gasteiger partial charge on any atom is 0.132 e. The van der Waals surface area contributed by atoms with Gasteiger partial charge in [-0.1, -0.05) is 6.07 Å². The minimum absolute atomic E-state index is 0.0933. The van der Waals surface area contributed by atoms with Crippen LogP contribution >= 0.6 is 0 Å². The summed E-state index contributed by atoms with van der Waals surface area (Å²) < 4.78 is 31.9. The van der Waals surface area contributed by atoms with Gasteiger partial charge in [0.25, 0.3) is 0 Å². The van der Waals surface area contributed by atoms with Gasteiger partial charge in [-0.3, -0.25) is 0 Å². The summed E-state index contributed by atoms with van der Waals surface area (Å²) in [7, 11) is 0. The van der Waals surface area contributed by atoms with E-state index in [9.17, 15) is 13.9 Å². The third-order valence-electron chi connectivity index (χ3n) is 3.33. The average molecular weight is 242 g/mol. The maximum atomic E-state index is 13.6. The Bertz CT molecular complexity index is 400. The van der Waals surface area contributed by atoms with Gasteiger partial charge in [0.1, 0.15) is 17.7 Å². The SMILES string of the molecule is CC1(C(O)c2ccc(F)cc2F)CCCCO1. The van der Waals surface area contributed by atoms with Crippen LogP contribution in [0.5, 0.6) is 0 Å². The van der Waals surface area contributed by atoms with Gasteiger partial charge in [-0.25, -0.2) is 8.78 Å². The number of hydrogen-bond donors (Lipinski definition) is 1. The molecule has 1 N–H and O–H groups in total. The highest BCUT2D eigenvalue weighted by molar-refractivity contribution is 5.23. The molecule has 1 heterocycles. The smallest absolute Gasteiger partial charge is 0.132 e. The lowest BCUT2D eigenvalue weighted by Crippen LogP contribution is -2.39. The molecule has 17 heavy (non-hydrogen) atoms. The van der Waals surface area contributed by atoms with Gasteiger partial charge >= 0.3 is 0 Å². The van der Waals surface area contributed by atoms with Crippen LogP contribution < -0.4 is 0 Å². The molecule has 2 atom stereocenters. The monoisotopic (exact) mass is 242 g/mol. The normalized spacial score (nSPS) is 26.8. The molecule has 0 amide bonds. The van der Waals surface area contributed by atoms with E-state index >= 15 is 0 Å². The molecule has 0 radical (unpaired) electrons. The number of aliphatic hydroxyl groups excluding tert-OH is 1. The van der Waals surface area contributed by atoms with Gasteiger partial charge in [0.05, 0.1) is 5.60 Å². The molecule has 0 spiro atoms. The van der Waals surface area contributed by atoms with Crippen LogP contribution in [0.3, 0.4) is 0 Å². The van der Waals surface area contributed by atoms with E-state index < -0.39 is 23.3 Å². The van der Waals surface area contributed by atoms with Crippen molar-refractivity contribution in [1.82, 2.24) is 0 Å². The number of rotatable bonds is 2. The van der Waals surface area contributed by atoms with Crippen LogP contribution in [0, 0.1) is 11.6 Å². The Morgan fingerprint density at radius 1 is 1.35 bits per heavy atom. The highest BCUT2D eigenvalue weighted by Crippen LogP contribution is 2.37. The zero-order chi connectivity index (χ0) is 12.5. The fourth-order valence-corrected chi connectivity index (χ4v) is 2.22. The summed E-state index contributed by atoms with van der Waals surface area (Å²) >= 11 is 0. The topological polar surface area (TPSA) is 29.5 Å². The zero-order valence-electron chi connectivity index (χ0n) is 9.75. The standard InChI is InChI=1S/C13H16F2O2/c1-13(6-2-3-7-17-13)12(16)10-5-4-9(14)8-11(10)15/h4-5,8,12,16H,2-3,6-7H2,1H3. The predicted molar refractivity (Wildman–Crippen MR) is 59.5 cm³/mol. The molecule has 1 saturated heterocycles. The Hall–Kier alpha value is -1.00. The summed E-state index contributed by atoms with van der Waals surface area (Å²) in [6, 6.07) is 3.21. The van der Waals surface area contributed by atoms with Gasteiger partial charge < -0.3 is 9.84 Å². The van der Waals surface area contributed by atoms with Gasteiger partial charge in [-0.15, -0.1) is 0 Å². The quantitative estimate of drug-likeness (QED) is 0.864. The molecule has 0 aromatic heterocycles. The van der Waals surface area contributed by atoms with E-state index in [1.807, 2.05) is 0 Å². The molecule has 1 aliphatic rings. The van der Waals surface area contributed by atoms with Gasteiger partial charge in [-0.05, 0) is 32.3 Å². The first kappa shape index (κ1) is 12.5. The Balaban J connectivity index is 2.26. The molecule has 2 rings (SSSR count). The largest absolute Gasteiger partial charge is 0.385 e. The minimum Gasteiger partial charge on any atom is -0.385 e. The second-order valence-corrected chi connectivity index (χ2v) is 4.69. The van der Waals surface area contributed by atoms with Gasteiger partial charge in [0.15, 0.2) is 0 Å². The molecular formula is C13H16F2O2. The zero-order valence-corrected chi connectivity index (χ0v) is 9.75. The molecule has 0 saturated carbocycles. The van der Waals surface area contributed by atoms with Crippen molar-refractivity contribution in [3.63, 3.8) is 0 Å². The summed E-state index contributed by atoms with van der Waals surface area (Å²) in [6.07, 6.45) is 1.50. The van der Waals surface area contributed by atoms with Crippen LogP contribution in [-0.4, -0.2) is 17.3 Å². The Morgan fingerprint density at radius 3 is 2.71 bits per heavy atom. The molecule has 2 unspecified atom stereocenters. The summed E-state index contributed by atoms with van der Waals surface area (Å²) in [5, 5.41) is 10.2. The molecule has 0 bridgehead atoms. The highest BCUT2D eigenvalue weighted by atomic mass is 19.1. The molecule has 0 aliphatic carbocycles. The predicted octanol–water partition coefficient (Wildman–Crippen LogP) is 2.96. The van der Waals surface area contributed by atoms with Gasteiger partial charge in [0, 0.05) is 18.2 Å². The molecule has 94 valence electrons. The van der Waals surface area contributed by atoms with E-state index in [0.717, 1.165) is 25.0 Å². The van der Waals surface area contributed by atoms with Crippen molar-refractivity contribution in [2.45, 2.75) is 37.9 Å². The average Bonchev–Trinajstić information content (AvgIpc) is 2.29. The van der Waals surface area contributed by atoms with Crippen molar-refractivity contribution in [2.75, 3.05) is 6.61 Å². The van der Waals surface area contributed by atoms with Crippen molar-refractivity contribution in [3.05, 3.63) is 35.4 Å². The third-order valence-corrected chi connectivity index (χ3v) is 3.33. The van der Waals surface area contributed by atoms with Crippen molar-refractivity contribution in [2.24, 2.45) is 0 Å². The number of ether oxygens (including phenoxy) is 1. The minimum atomic E-state index is -1.07. The first-order valence-electron chi connectivity index (χ1n) is 5.80.